The van der Waals surface area contributed by atoms with E-state index in [2.05, 4.69) is 19.7 Å². The molecule has 0 aliphatic carbocycles. The summed E-state index contributed by atoms with van der Waals surface area (Å²) in [5.41, 5.74) is -0.757. The highest BCUT2D eigenvalue weighted by atomic mass is 32.2. The van der Waals surface area contributed by atoms with Crippen LogP contribution in [0.25, 0.3) is 21.9 Å². The molecule has 0 unspecified atom stereocenters. The predicted octanol–water partition coefficient (Wildman–Crippen LogP) is 1.87. The van der Waals surface area contributed by atoms with Gasteiger partial charge in [-0.1, -0.05) is 30.3 Å². The Morgan fingerprint density at radius 2 is 1.63 bits per heavy atom. The second-order valence-electron chi connectivity index (χ2n) is 6.08. The summed E-state index contributed by atoms with van der Waals surface area (Å²) in [7, 11) is -4.00. The van der Waals surface area contributed by atoms with E-state index in [1.54, 1.807) is 19.1 Å². The van der Waals surface area contributed by atoms with Crippen molar-refractivity contribution in [3.8, 4) is 0 Å². The van der Waals surface area contributed by atoms with Crippen molar-refractivity contribution in [3.05, 3.63) is 74.8 Å². The van der Waals surface area contributed by atoms with E-state index in [1.165, 1.54) is 6.07 Å². The molecule has 3 N–H and O–H groups in total. The Kier molecular flexibility index (Phi) is 3.81. The van der Waals surface area contributed by atoms with Crippen LogP contribution in [-0.4, -0.2) is 23.4 Å². The van der Waals surface area contributed by atoms with E-state index in [0.717, 1.165) is 10.8 Å². The second kappa shape index (κ2) is 6.06. The van der Waals surface area contributed by atoms with Crippen LogP contribution < -0.4 is 15.8 Å². The van der Waals surface area contributed by atoms with Crippen molar-refractivity contribution in [1.82, 2.24) is 15.0 Å². The third-order valence-electron chi connectivity index (χ3n) is 4.11. The van der Waals surface area contributed by atoms with Gasteiger partial charge >= 0.3 is 11.1 Å². The van der Waals surface area contributed by atoms with Gasteiger partial charge in [-0.05, 0) is 41.5 Å². The highest BCUT2D eigenvalue weighted by molar-refractivity contribution is 7.92. The van der Waals surface area contributed by atoms with Crippen molar-refractivity contribution in [2.45, 2.75) is 11.9 Å². The van der Waals surface area contributed by atoms with Crippen molar-refractivity contribution in [1.29, 1.82) is 0 Å². The van der Waals surface area contributed by atoms with E-state index in [4.69, 9.17) is 0 Å². The summed E-state index contributed by atoms with van der Waals surface area (Å²) >= 11 is 0. The number of fused-ring (bicyclic) bond motifs is 2. The molecule has 0 atom stereocenters. The summed E-state index contributed by atoms with van der Waals surface area (Å²) in [6, 6.07) is 14.2. The number of nitrogens with zero attached hydrogens (tertiary/aromatic N) is 1. The Hall–Kier alpha value is -3.46. The Bertz CT molecular complexity index is 1420. The van der Waals surface area contributed by atoms with E-state index < -0.39 is 21.1 Å². The molecule has 0 radical (unpaired) electrons. The average molecular weight is 382 g/mol. The zero-order valence-electron chi connectivity index (χ0n) is 14.1. The van der Waals surface area contributed by atoms with Crippen LogP contribution in [0.3, 0.4) is 0 Å². The fourth-order valence-corrected chi connectivity index (χ4v) is 4.09. The maximum atomic E-state index is 12.8. The van der Waals surface area contributed by atoms with Crippen molar-refractivity contribution in [2.75, 3.05) is 4.72 Å². The normalized spacial score (nSPS) is 11.7. The minimum Gasteiger partial charge on any atom is -0.315 e. The first kappa shape index (κ1) is 17.0. The maximum Gasteiger partial charge on any atom is 0.315 e. The van der Waals surface area contributed by atoms with Crippen LogP contribution in [0.15, 0.2) is 63.1 Å². The number of anilines is 1. The van der Waals surface area contributed by atoms with Gasteiger partial charge in [-0.25, -0.2) is 4.98 Å². The molecule has 0 saturated heterocycles. The third-order valence-corrected chi connectivity index (χ3v) is 5.54. The van der Waals surface area contributed by atoms with Crippen LogP contribution in [-0.2, 0) is 10.0 Å². The van der Waals surface area contributed by atoms with Crippen molar-refractivity contribution < 1.29 is 8.42 Å². The average Bonchev–Trinajstić information content (AvgIpc) is 2.62. The molecule has 8 nitrogen and oxygen atoms in total. The van der Waals surface area contributed by atoms with Gasteiger partial charge in [0.25, 0.3) is 10.0 Å². The predicted molar refractivity (Wildman–Crippen MR) is 102 cm³/mol. The topological polar surface area (TPSA) is 125 Å². The molecule has 0 aliphatic rings. The van der Waals surface area contributed by atoms with Gasteiger partial charge in [0.15, 0.2) is 10.7 Å². The smallest absolute Gasteiger partial charge is 0.315 e. The molecule has 9 heteroatoms. The first-order chi connectivity index (χ1) is 12.8. The molecular formula is C18H14N4O4S. The van der Waals surface area contributed by atoms with Gasteiger partial charge in [0.05, 0.1) is 5.52 Å². The zero-order valence-corrected chi connectivity index (χ0v) is 14.9. The molecule has 0 aliphatic heterocycles. The number of sulfonamides is 1. The van der Waals surface area contributed by atoms with Gasteiger partial charge in [0.2, 0.25) is 0 Å². The third kappa shape index (κ3) is 3.08. The minimum absolute atomic E-state index is 0.0101. The van der Waals surface area contributed by atoms with Crippen LogP contribution in [0.1, 0.15) is 5.56 Å². The SMILES string of the molecule is Cc1cc2[nH]c(=O)c(=O)[nH]c2nc1S(=O)(=O)Nc1ccc2ccccc2c1. The Balaban J connectivity index is 1.80. The van der Waals surface area contributed by atoms with Gasteiger partial charge in [-0.15, -0.1) is 0 Å². The van der Waals surface area contributed by atoms with E-state index in [9.17, 15) is 18.0 Å². The molecule has 0 spiro atoms. The van der Waals surface area contributed by atoms with Crippen molar-refractivity contribution >= 4 is 37.6 Å². The van der Waals surface area contributed by atoms with Crippen molar-refractivity contribution in [3.63, 3.8) is 0 Å². The Labute approximate surface area is 153 Å². The van der Waals surface area contributed by atoms with Crippen LogP contribution in [0.4, 0.5) is 5.69 Å². The summed E-state index contributed by atoms with van der Waals surface area (Å²) in [5.74, 6) is 0. The second-order valence-corrected chi connectivity index (χ2v) is 7.68. The molecule has 4 rings (SSSR count). The quantitative estimate of drug-likeness (QED) is 0.467. The molecule has 2 aromatic carbocycles. The van der Waals surface area contributed by atoms with E-state index >= 15 is 0 Å². The van der Waals surface area contributed by atoms with Crippen molar-refractivity contribution in [2.24, 2.45) is 0 Å². The molecule has 27 heavy (non-hydrogen) atoms. The summed E-state index contributed by atoms with van der Waals surface area (Å²) in [4.78, 5) is 31.6. The Morgan fingerprint density at radius 3 is 2.41 bits per heavy atom. The standard InChI is InChI=1S/C18H14N4O4S/c1-10-8-14-15(20-17(24)16(23)19-14)21-18(10)27(25,26)22-13-7-6-11-4-2-3-5-12(11)9-13/h2-9,22H,1H3,(H,19,23)(H,20,21,24). The van der Waals surface area contributed by atoms with Crippen LogP contribution in [0, 0.1) is 6.92 Å². The number of hydrogen-bond donors (Lipinski definition) is 3. The fraction of sp³-hybridized carbons (Fsp3) is 0.0556. The zero-order chi connectivity index (χ0) is 19.2. The number of benzene rings is 2. The molecule has 2 heterocycles. The van der Waals surface area contributed by atoms with Crippen LogP contribution in [0.2, 0.25) is 0 Å². The number of pyridine rings is 1. The molecule has 0 bridgehead atoms. The number of aryl methyl sites for hydroxylation is 1. The maximum absolute atomic E-state index is 12.8. The lowest BCUT2D eigenvalue weighted by Gasteiger charge is -2.11. The van der Waals surface area contributed by atoms with Gasteiger partial charge < -0.3 is 9.97 Å². The number of H-pyrrole nitrogens is 2. The van der Waals surface area contributed by atoms with E-state index in [-0.39, 0.29) is 16.2 Å². The number of aromatic amines is 2. The summed E-state index contributed by atoms with van der Waals surface area (Å²) in [6.07, 6.45) is 0. The minimum atomic E-state index is -4.00. The lowest BCUT2D eigenvalue weighted by Crippen LogP contribution is -2.29. The largest absolute Gasteiger partial charge is 0.315 e. The first-order valence-corrected chi connectivity index (χ1v) is 9.47. The van der Waals surface area contributed by atoms with E-state index in [0.29, 0.717) is 11.3 Å². The summed E-state index contributed by atoms with van der Waals surface area (Å²) in [5, 5.41) is 1.65. The molecule has 0 fully saturated rings. The number of aromatic nitrogens is 3. The molecule has 0 amide bonds. The summed E-state index contributed by atoms with van der Waals surface area (Å²) in [6.45, 7) is 1.56. The highest BCUT2D eigenvalue weighted by Gasteiger charge is 2.20. The van der Waals surface area contributed by atoms with Crippen LogP contribution >= 0.6 is 0 Å². The molecule has 0 saturated carbocycles. The lowest BCUT2D eigenvalue weighted by molar-refractivity contribution is 0.597. The molecule has 2 aromatic heterocycles. The van der Waals surface area contributed by atoms with Gasteiger partial charge in [-0.2, -0.15) is 8.42 Å². The molecule has 136 valence electrons. The monoisotopic (exact) mass is 382 g/mol. The van der Waals surface area contributed by atoms with Gasteiger partial charge in [-0.3, -0.25) is 14.3 Å². The van der Waals surface area contributed by atoms with Gasteiger partial charge in [0, 0.05) is 5.69 Å². The molecular weight excluding hydrogens is 368 g/mol. The Morgan fingerprint density at radius 1 is 0.926 bits per heavy atom. The highest BCUT2D eigenvalue weighted by Crippen LogP contribution is 2.23. The lowest BCUT2D eigenvalue weighted by atomic mass is 10.1. The number of hydrogen-bond acceptors (Lipinski definition) is 5. The number of rotatable bonds is 3. The van der Waals surface area contributed by atoms with E-state index in [1.807, 2.05) is 30.3 Å². The fourth-order valence-electron chi connectivity index (χ4n) is 2.86. The first-order valence-electron chi connectivity index (χ1n) is 7.99. The molecule has 4 aromatic rings. The van der Waals surface area contributed by atoms with Crippen LogP contribution in [0.5, 0.6) is 0 Å². The number of nitrogens with one attached hydrogen (secondary N) is 3. The summed E-state index contributed by atoms with van der Waals surface area (Å²) < 4.78 is 28.1. The van der Waals surface area contributed by atoms with Gasteiger partial charge in [0.1, 0.15) is 0 Å².